The van der Waals surface area contributed by atoms with Crippen molar-refractivity contribution in [3.05, 3.63) is 28.6 Å². The van der Waals surface area contributed by atoms with Gasteiger partial charge < -0.3 is 10.2 Å². The predicted octanol–water partition coefficient (Wildman–Crippen LogP) is 2.21. The molecule has 0 fully saturated rings. The maximum absolute atomic E-state index is 4.15. The molecule has 0 radical (unpaired) electrons. The summed E-state index contributed by atoms with van der Waals surface area (Å²) in [5.41, 5.74) is 3.62. The number of thiophene rings is 1. The molecular formula is C12H19ClN4S. The molecule has 0 bridgehead atoms. The second kappa shape index (κ2) is 7.53. The van der Waals surface area contributed by atoms with Crippen LogP contribution < -0.4 is 5.32 Å². The van der Waals surface area contributed by atoms with Crippen molar-refractivity contribution in [2.45, 2.75) is 6.54 Å². The minimum atomic E-state index is 0. The van der Waals surface area contributed by atoms with Crippen molar-refractivity contribution in [3.8, 4) is 11.3 Å². The van der Waals surface area contributed by atoms with Gasteiger partial charge in [0.15, 0.2) is 0 Å². The Morgan fingerprint density at radius 1 is 1.50 bits per heavy atom. The van der Waals surface area contributed by atoms with Gasteiger partial charge in [0.1, 0.15) is 0 Å². The highest BCUT2D eigenvalue weighted by molar-refractivity contribution is 7.08. The molecule has 0 unspecified atom stereocenters. The first-order valence-corrected chi connectivity index (χ1v) is 6.63. The molecule has 0 spiro atoms. The van der Waals surface area contributed by atoms with Crippen LogP contribution in [0.5, 0.6) is 0 Å². The lowest BCUT2D eigenvalue weighted by atomic mass is 10.1. The van der Waals surface area contributed by atoms with Gasteiger partial charge in [-0.15, -0.1) is 12.4 Å². The van der Waals surface area contributed by atoms with Gasteiger partial charge in [0, 0.05) is 36.1 Å². The van der Waals surface area contributed by atoms with Crippen molar-refractivity contribution in [1.82, 2.24) is 20.4 Å². The van der Waals surface area contributed by atoms with Crippen LogP contribution >= 0.6 is 23.7 Å². The Labute approximate surface area is 118 Å². The molecule has 2 N–H and O–H groups in total. The summed E-state index contributed by atoms with van der Waals surface area (Å²) in [7, 11) is 4.10. The monoisotopic (exact) mass is 286 g/mol. The zero-order valence-electron chi connectivity index (χ0n) is 10.6. The van der Waals surface area contributed by atoms with Crippen molar-refractivity contribution in [2.24, 2.45) is 0 Å². The van der Waals surface area contributed by atoms with Crippen LogP contribution in [-0.4, -0.2) is 42.3 Å². The van der Waals surface area contributed by atoms with E-state index in [1.54, 1.807) is 11.3 Å². The summed E-state index contributed by atoms with van der Waals surface area (Å²) < 4.78 is 0. The highest BCUT2D eigenvalue weighted by atomic mass is 35.5. The Hall–Kier alpha value is -0.880. The second-order valence-electron chi connectivity index (χ2n) is 4.12. The van der Waals surface area contributed by atoms with E-state index in [-0.39, 0.29) is 12.4 Å². The Morgan fingerprint density at radius 3 is 3.00 bits per heavy atom. The van der Waals surface area contributed by atoms with Gasteiger partial charge in [-0.25, -0.2) is 0 Å². The van der Waals surface area contributed by atoms with E-state index in [0.717, 1.165) is 25.3 Å². The van der Waals surface area contributed by atoms with E-state index in [2.05, 4.69) is 44.3 Å². The summed E-state index contributed by atoms with van der Waals surface area (Å²) in [6.07, 6.45) is 1.92. The number of nitrogens with zero attached hydrogens (tertiary/aromatic N) is 2. The van der Waals surface area contributed by atoms with Crippen LogP contribution in [0.4, 0.5) is 0 Å². The van der Waals surface area contributed by atoms with Gasteiger partial charge in [-0.3, -0.25) is 5.10 Å². The third-order valence-electron chi connectivity index (χ3n) is 2.71. The van der Waals surface area contributed by atoms with Gasteiger partial charge in [0.25, 0.3) is 0 Å². The van der Waals surface area contributed by atoms with E-state index in [9.17, 15) is 0 Å². The Balaban J connectivity index is 0.00000162. The van der Waals surface area contributed by atoms with Crippen molar-refractivity contribution in [2.75, 3.05) is 27.2 Å². The predicted molar refractivity (Wildman–Crippen MR) is 79.4 cm³/mol. The molecule has 2 rings (SSSR count). The van der Waals surface area contributed by atoms with E-state index in [4.69, 9.17) is 0 Å². The smallest absolute Gasteiger partial charge is 0.0703 e. The second-order valence-corrected chi connectivity index (χ2v) is 4.90. The van der Waals surface area contributed by atoms with E-state index in [0.29, 0.717) is 0 Å². The minimum absolute atomic E-state index is 0. The summed E-state index contributed by atoms with van der Waals surface area (Å²) in [5.74, 6) is 0. The van der Waals surface area contributed by atoms with Gasteiger partial charge in [-0.1, -0.05) is 0 Å². The average molecular weight is 287 g/mol. The SMILES string of the molecule is CNCCN(C)Cc1cn[nH]c1-c1ccsc1.Cl. The van der Waals surface area contributed by atoms with Crippen molar-refractivity contribution >= 4 is 23.7 Å². The fourth-order valence-electron chi connectivity index (χ4n) is 1.76. The van der Waals surface area contributed by atoms with Crippen LogP contribution in [0.3, 0.4) is 0 Å². The lowest BCUT2D eigenvalue weighted by molar-refractivity contribution is 0.328. The van der Waals surface area contributed by atoms with Crippen LogP contribution in [-0.2, 0) is 6.54 Å². The highest BCUT2D eigenvalue weighted by Crippen LogP contribution is 2.24. The summed E-state index contributed by atoms with van der Waals surface area (Å²) in [6.45, 7) is 2.95. The maximum atomic E-state index is 4.15. The van der Waals surface area contributed by atoms with Crippen molar-refractivity contribution < 1.29 is 0 Å². The zero-order valence-corrected chi connectivity index (χ0v) is 12.3. The average Bonchev–Trinajstić information content (AvgIpc) is 2.95. The normalized spacial score (nSPS) is 10.6. The Kier molecular flexibility index (Phi) is 6.35. The molecule has 0 amide bonds. The van der Waals surface area contributed by atoms with E-state index in [1.165, 1.54) is 11.1 Å². The molecule has 2 aromatic heterocycles. The van der Waals surface area contributed by atoms with Crippen LogP contribution in [0.15, 0.2) is 23.0 Å². The first-order chi connectivity index (χ1) is 8.31. The molecule has 2 aromatic rings. The molecule has 0 atom stereocenters. The third-order valence-corrected chi connectivity index (χ3v) is 3.39. The standard InChI is InChI=1S/C12H18N4S.ClH/c1-13-4-5-16(2)8-11-7-14-15-12(11)10-3-6-17-9-10;/h3,6-7,9,13H,4-5,8H2,1-2H3,(H,14,15);1H. The topological polar surface area (TPSA) is 44.0 Å². The lowest BCUT2D eigenvalue weighted by Gasteiger charge is -2.15. The molecule has 0 aliphatic heterocycles. The molecule has 0 aromatic carbocycles. The molecule has 18 heavy (non-hydrogen) atoms. The number of aromatic amines is 1. The quantitative estimate of drug-likeness (QED) is 0.856. The summed E-state index contributed by atoms with van der Waals surface area (Å²) in [4.78, 5) is 2.29. The molecule has 0 aliphatic carbocycles. The molecule has 0 saturated heterocycles. The first kappa shape index (κ1) is 15.2. The van der Waals surface area contributed by atoms with Gasteiger partial charge in [0.2, 0.25) is 0 Å². The minimum Gasteiger partial charge on any atom is -0.318 e. The number of H-pyrrole nitrogens is 1. The first-order valence-electron chi connectivity index (χ1n) is 5.69. The number of aromatic nitrogens is 2. The molecule has 0 saturated carbocycles. The number of rotatable bonds is 6. The number of hydrogen-bond donors (Lipinski definition) is 2. The number of nitrogens with one attached hydrogen (secondary N) is 2. The van der Waals surface area contributed by atoms with Crippen LogP contribution in [0.2, 0.25) is 0 Å². The fraction of sp³-hybridized carbons (Fsp3) is 0.417. The van der Waals surface area contributed by atoms with Gasteiger partial charge in [-0.05, 0) is 25.5 Å². The molecular weight excluding hydrogens is 268 g/mol. The third kappa shape index (κ3) is 3.81. The molecule has 0 aliphatic rings. The van der Waals surface area contributed by atoms with Gasteiger partial charge >= 0.3 is 0 Å². The molecule has 2 heterocycles. The van der Waals surface area contributed by atoms with Crippen LogP contribution in [0.1, 0.15) is 5.56 Å². The van der Waals surface area contributed by atoms with E-state index in [1.807, 2.05) is 13.2 Å². The fourth-order valence-corrected chi connectivity index (χ4v) is 2.41. The zero-order chi connectivity index (χ0) is 12.1. The summed E-state index contributed by atoms with van der Waals surface area (Å²) >= 11 is 1.71. The maximum Gasteiger partial charge on any atom is 0.0703 e. The molecule has 4 nitrogen and oxygen atoms in total. The number of likely N-dealkylation sites (N-methyl/N-ethyl adjacent to an activating group) is 2. The molecule has 100 valence electrons. The van der Waals surface area contributed by atoms with Crippen LogP contribution in [0, 0.1) is 0 Å². The van der Waals surface area contributed by atoms with E-state index >= 15 is 0 Å². The number of halogens is 1. The van der Waals surface area contributed by atoms with Crippen molar-refractivity contribution in [3.63, 3.8) is 0 Å². The lowest BCUT2D eigenvalue weighted by Crippen LogP contribution is -2.26. The summed E-state index contributed by atoms with van der Waals surface area (Å²) in [6, 6.07) is 2.12. The molecule has 6 heteroatoms. The Morgan fingerprint density at radius 2 is 2.33 bits per heavy atom. The van der Waals surface area contributed by atoms with Crippen LogP contribution in [0.25, 0.3) is 11.3 Å². The highest BCUT2D eigenvalue weighted by Gasteiger charge is 2.09. The van der Waals surface area contributed by atoms with Crippen molar-refractivity contribution in [1.29, 1.82) is 0 Å². The van der Waals surface area contributed by atoms with Gasteiger partial charge in [-0.2, -0.15) is 16.4 Å². The van der Waals surface area contributed by atoms with E-state index < -0.39 is 0 Å². The Bertz CT molecular complexity index is 441. The number of hydrogen-bond acceptors (Lipinski definition) is 4. The largest absolute Gasteiger partial charge is 0.318 e. The van der Waals surface area contributed by atoms with Gasteiger partial charge in [0.05, 0.1) is 11.9 Å². The summed E-state index contributed by atoms with van der Waals surface area (Å²) in [5, 5.41) is 14.6.